The van der Waals surface area contributed by atoms with Crippen molar-refractivity contribution < 1.29 is 19.1 Å². The molecular formula is C21H28N2O4. The van der Waals surface area contributed by atoms with Crippen molar-refractivity contribution in [2.24, 2.45) is 5.92 Å². The molecule has 0 unspecified atom stereocenters. The van der Waals surface area contributed by atoms with E-state index in [1.807, 2.05) is 41.8 Å². The van der Waals surface area contributed by atoms with Gasteiger partial charge in [-0.25, -0.2) is 0 Å². The molecule has 1 aromatic rings. The van der Waals surface area contributed by atoms with Crippen LogP contribution in [0, 0.1) is 5.92 Å². The van der Waals surface area contributed by atoms with Crippen LogP contribution in [0.1, 0.15) is 51.1 Å². The lowest BCUT2D eigenvalue weighted by molar-refractivity contribution is -0.136. The Hall–Kier alpha value is -2.24. The first-order chi connectivity index (χ1) is 13.0. The third-order valence-electron chi connectivity index (χ3n) is 5.82. The molecule has 0 aliphatic carbocycles. The van der Waals surface area contributed by atoms with Gasteiger partial charge in [0.05, 0.1) is 25.2 Å². The number of hydrogen-bond acceptors (Lipinski definition) is 4. The summed E-state index contributed by atoms with van der Waals surface area (Å²) in [5.41, 5.74) is 1.09. The van der Waals surface area contributed by atoms with E-state index in [0.717, 1.165) is 42.9 Å². The largest absolute Gasteiger partial charge is 0.490 e. The van der Waals surface area contributed by atoms with Gasteiger partial charge in [-0.15, -0.1) is 0 Å². The summed E-state index contributed by atoms with van der Waals surface area (Å²) in [6.45, 7) is 6.62. The van der Waals surface area contributed by atoms with Crippen LogP contribution in [0.3, 0.4) is 0 Å². The summed E-state index contributed by atoms with van der Waals surface area (Å²) in [6.07, 6.45) is 3.14. The zero-order chi connectivity index (χ0) is 19.0. The average molecular weight is 372 g/mol. The Kier molecular flexibility index (Phi) is 4.98. The molecule has 146 valence electrons. The first-order valence-corrected chi connectivity index (χ1v) is 10.0. The fourth-order valence-corrected chi connectivity index (χ4v) is 4.39. The molecule has 3 aliphatic heterocycles. The van der Waals surface area contributed by atoms with Crippen LogP contribution in [0.5, 0.6) is 11.5 Å². The molecule has 0 N–H and O–H groups in total. The number of rotatable bonds is 3. The third-order valence-corrected chi connectivity index (χ3v) is 5.82. The van der Waals surface area contributed by atoms with E-state index < -0.39 is 0 Å². The molecule has 2 fully saturated rings. The number of carbonyl (C=O) groups is 2. The van der Waals surface area contributed by atoms with Crippen molar-refractivity contribution in [3.63, 3.8) is 0 Å². The Bertz CT molecular complexity index is 733. The van der Waals surface area contributed by atoms with E-state index in [2.05, 4.69) is 0 Å². The Balaban J connectivity index is 1.52. The van der Waals surface area contributed by atoms with Crippen molar-refractivity contribution in [2.75, 3.05) is 26.3 Å². The lowest BCUT2D eigenvalue weighted by Gasteiger charge is -2.28. The number of hydrogen-bond donors (Lipinski definition) is 0. The minimum absolute atomic E-state index is 0.0536. The molecule has 6 heteroatoms. The smallest absolute Gasteiger partial charge is 0.228 e. The molecule has 0 saturated carbocycles. The van der Waals surface area contributed by atoms with Crippen LogP contribution >= 0.6 is 0 Å². The summed E-state index contributed by atoms with van der Waals surface area (Å²) in [5.74, 6) is 1.53. The first-order valence-electron chi connectivity index (χ1n) is 10.0. The monoisotopic (exact) mass is 372 g/mol. The van der Waals surface area contributed by atoms with Crippen molar-refractivity contribution in [1.82, 2.24) is 9.80 Å². The molecule has 0 aromatic heterocycles. The van der Waals surface area contributed by atoms with Gasteiger partial charge in [0, 0.05) is 32.0 Å². The molecule has 6 nitrogen and oxygen atoms in total. The predicted octanol–water partition coefficient (Wildman–Crippen LogP) is 2.77. The van der Waals surface area contributed by atoms with E-state index in [4.69, 9.17) is 9.47 Å². The maximum absolute atomic E-state index is 13.2. The predicted molar refractivity (Wildman–Crippen MR) is 101 cm³/mol. The maximum Gasteiger partial charge on any atom is 0.228 e. The Morgan fingerprint density at radius 3 is 2.67 bits per heavy atom. The quantitative estimate of drug-likeness (QED) is 0.819. The number of carbonyl (C=O) groups excluding carboxylic acids is 2. The summed E-state index contributed by atoms with van der Waals surface area (Å²) in [4.78, 5) is 29.2. The Morgan fingerprint density at radius 1 is 1.15 bits per heavy atom. The molecular weight excluding hydrogens is 344 g/mol. The van der Waals surface area contributed by atoms with Gasteiger partial charge >= 0.3 is 0 Å². The summed E-state index contributed by atoms with van der Waals surface area (Å²) in [6, 6.07) is 6.22. The number of ether oxygens (including phenoxy) is 2. The summed E-state index contributed by atoms with van der Waals surface area (Å²) < 4.78 is 11.5. The van der Waals surface area contributed by atoms with E-state index in [9.17, 15) is 9.59 Å². The average Bonchev–Trinajstić information content (AvgIpc) is 3.22. The second-order valence-electron chi connectivity index (χ2n) is 7.99. The lowest BCUT2D eigenvalue weighted by atomic mass is 10.0. The van der Waals surface area contributed by atoms with Crippen molar-refractivity contribution in [1.29, 1.82) is 0 Å². The van der Waals surface area contributed by atoms with E-state index >= 15 is 0 Å². The van der Waals surface area contributed by atoms with Crippen LogP contribution in [-0.4, -0.2) is 54.0 Å². The van der Waals surface area contributed by atoms with Crippen molar-refractivity contribution >= 4 is 11.8 Å². The molecule has 3 aliphatic rings. The van der Waals surface area contributed by atoms with Crippen LogP contribution in [0.4, 0.5) is 0 Å². The van der Waals surface area contributed by atoms with Gasteiger partial charge in [0.15, 0.2) is 11.5 Å². The van der Waals surface area contributed by atoms with Gasteiger partial charge in [-0.05, 0) is 44.4 Å². The minimum Gasteiger partial charge on any atom is -0.490 e. The normalized spacial score (nSPS) is 25.2. The van der Waals surface area contributed by atoms with Gasteiger partial charge in [-0.2, -0.15) is 0 Å². The highest BCUT2D eigenvalue weighted by atomic mass is 16.5. The second-order valence-corrected chi connectivity index (χ2v) is 7.99. The van der Waals surface area contributed by atoms with Crippen LogP contribution in [0.15, 0.2) is 18.2 Å². The molecule has 2 atom stereocenters. The maximum atomic E-state index is 13.2. The van der Waals surface area contributed by atoms with Gasteiger partial charge in [-0.3, -0.25) is 9.59 Å². The number of fused-ring (bicyclic) bond motifs is 1. The lowest BCUT2D eigenvalue weighted by Crippen LogP contribution is -2.38. The van der Waals surface area contributed by atoms with E-state index in [1.54, 1.807) is 0 Å². The van der Waals surface area contributed by atoms with Gasteiger partial charge < -0.3 is 19.3 Å². The van der Waals surface area contributed by atoms with Crippen LogP contribution in [0.2, 0.25) is 0 Å². The number of amides is 2. The zero-order valence-corrected chi connectivity index (χ0v) is 16.1. The van der Waals surface area contributed by atoms with Crippen molar-refractivity contribution in [3.8, 4) is 11.5 Å². The van der Waals surface area contributed by atoms with Gasteiger partial charge in [0.1, 0.15) is 0 Å². The molecule has 4 rings (SSSR count). The molecule has 2 saturated heterocycles. The Labute approximate surface area is 160 Å². The van der Waals surface area contributed by atoms with Crippen LogP contribution < -0.4 is 9.47 Å². The highest BCUT2D eigenvalue weighted by molar-refractivity contribution is 5.89. The van der Waals surface area contributed by atoms with Gasteiger partial charge in [-0.1, -0.05) is 6.07 Å². The standard InChI is InChI=1S/C21H28N2O4/c1-14(2)23-13-16(12-20(23)24)21(25)22-8-3-5-17(22)15-6-7-18-19(11-15)27-10-4-9-26-18/h6-7,11,14,16-17H,3-5,8-10,12-13H2,1-2H3/t16-,17-/m0/s1. The van der Waals surface area contributed by atoms with E-state index in [1.165, 1.54) is 0 Å². The molecule has 0 radical (unpaired) electrons. The topological polar surface area (TPSA) is 59.1 Å². The third kappa shape index (κ3) is 3.49. The molecule has 1 aromatic carbocycles. The molecule has 0 spiro atoms. The van der Waals surface area contributed by atoms with Crippen LogP contribution in [0.25, 0.3) is 0 Å². The fourth-order valence-electron chi connectivity index (χ4n) is 4.39. The van der Waals surface area contributed by atoms with Gasteiger partial charge in [0.25, 0.3) is 0 Å². The molecule has 2 amide bonds. The molecule has 27 heavy (non-hydrogen) atoms. The molecule has 0 bridgehead atoms. The Morgan fingerprint density at radius 2 is 1.93 bits per heavy atom. The van der Waals surface area contributed by atoms with E-state index in [-0.39, 0.29) is 29.8 Å². The fraction of sp³-hybridized carbons (Fsp3) is 0.619. The number of nitrogens with zero attached hydrogens (tertiary/aromatic N) is 2. The highest BCUT2D eigenvalue weighted by Crippen LogP contribution is 2.39. The van der Waals surface area contributed by atoms with Crippen molar-refractivity contribution in [3.05, 3.63) is 23.8 Å². The minimum atomic E-state index is -0.221. The summed E-state index contributed by atoms with van der Waals surface area (Å²) in [7, 11) is 0. The number of likely N-dealkylation sites (tertiary alicyclic amines) is 2. The zero-order valence-electron chi connectivity index (χ0n) is 16.1. The van der Waals surface area contributed by atoms with Gasteiger partial charge in [0.2, 0.25) is 11.8 Å². The second kappa shape index (κ2) is 7.41. The summed E-state index contributed by atoms with van der Waals surface area (Å²) >= 11 is 0. The summed E-state index contributed by atoms with van der Waals surface area (Å²) in [5, 5.41) is 0. The van der Waals surface area contributed by atoms with Crippen LogP contribution in [-0.2, 0) is 9.59 Å². The highest BCUT2D eigenvalue weighted by Gasteiger charge is 2.40. The van der Waals surface area contributed by atoms with E-state index in [0.29, 0.717) is 26.2 Å². The SMILES string of the molecule is CC(C)N1C[C@@H](C(=O)N2CCC[C@H]2c2ccc3c(c2)OCCCO3)CC1=O. The molecule has 3 heterocycles. The van der Waals surface area contributed by atoms with Crippen molar-refractivity contribution in [2.45, 2.75) is 51.6 Å². The number of benzene rings is 1. The first kappa shape index (κ1) is 18.1.